The molecule has 2 atom stereocenters. The van der Waals surface area contributed by atoms with E-state index in [1.807, 2.05) is 0 Å². The summed E-state index contributed by atoms with van der Waals surface area (Å²) in [7, 11) is 0. The molecule has 4 heteroatoms. The fourth-order valence-corrected chi connectivity index (χ4v) is 2.95. The van der Waals surface area contributed by atoms with Crippen molar-refractivity contribution in [3.8, 4) is 0 Å². The van der Waals surface area contributed by atoms with E-state index in [1.54, 1.807) is 12.1 Å². The minimum Gasteiger partial charge on any atom is -0.481 e. The lowest BCUT2D eigenvalue weighted by Gasteiger charge is -2.28. The maximum Gasteiger partial charge on any atom is 0.306 e. The first-order valence-corrected chi connectivity index (χ1v) is 6.62. The second-order valence-electron chi connectivity index (χ2n) is 4.94. The number of rotatable bonds is 3. The zero-order valence-electron chi connectivity index (χ0n) is 10.0. The lowest BCUT2D eigenvalue weighted by atomic mass is 9.76. The van der Waals surface area contributed by atoms with Crippen LogP contribution in [0.1, 0.15) is 31.2 Å². The molecule has 2 unspecified atom stereocenters. The number of benzene rings is 1. The summed E-state index contributed by atoms with van der Waals surface area (Å²) in [6.07, 6.45) is 4.39. The first kappa shape index (κ1) is 13.3. The van der Waals surface area contributed by atoms with Gasteiger partial charge in [-0.3, -0.25) is 4.79 Å². The summed E-state index contributed by atoms with van der Waals surface area (Å²) in [6.45, 7) is 0. The van der Waals surface area contributed by atoms with Crippen molar-refractivity contribution in [2.45, 2.75) is 32.1 Å². The van der Waals surface area contributed by atoms with Crippen molar-refractivity contribution < 1.29 is 14.3 Å². The average Bonchev–Trinajstić information content (AvgIpc) is 2.34. The van der Waals surface area contributed by atoms with E-state index >= 15 is 0 Å². The Labute approximate surface area is 111 Å². The fourth-order valence-electron chi connectivity index (χ4n) is 2.75. The molecule has 0 bridgehead atoms. The van der Waals surface area contributed by atoms with Gasteiger partial charge in [0.25, 0.3) is 0 Å². The summed E-state index contributed by atoms with van der Waals surface area (Å²) in [5, 5.41) is 9.31. The van der Waals surface area contributed by atoms with Gasteiger partial charge in [-0.2, -0.15) is 0 Å². The molecule has 0 radical (unpaired) electrons. The van der Waals surface area contributed by atoms with Crippen molar-refractivity contribution in [3.63, 3.8) is 0 Å². The zero-order chi connectivity index (χ0) is 13.1. The van der Waals surface area contributed by atoms with E-state index in [9.17, 15) is 14.3 Å². The highest BCUT2D eigenvalue weighted by Crippen LogP contribution is 2.33. The molecule has 0 aromatic heterocycles. The largest absolute Gasteiger partial charge is 0.481 e. The third kappa shape index (κ3) is 3.02. The molecule has 1 aromatic carbocycles. The fraction of sp³-hybridized carbons (Fsp3) is 0.500. The van der Waals surface area contributed by atoms with Gasteiger partial charge < -0.3 is 5.11 Å². The third-order valence-corrected chi connectivity index (χ3v) is 4.00. The summed E-state index contributed by atoms with van der Waals surface area (Å²) in [6, 6.07) is 4.63. The normalized spacial score (nSPS) is 23.9. The number of carboxylic acid groups (broad SMARTS) is 1. The second-order valence-corrected chi connectivity index (χ2v) is 5.35. The van der Waals surface area contributed by atoms with Gasteiger partial charge in [0.05, 0.1) is 10.9 Å². The molecule has 1 N–H and O–H groups in total. The quantitative estimate of drug-likeness (QED) is 0.904. The molecule has 0 saturated heterocycles. The van der Waals surface area contributed by atoms with Crippen molar-refractivity contribution in [1.29, 1.82) is 0 Å². The predicted molar refractivity (Wildman–Crippen MR) is 68.2 cm³/mol. The molecule has 1 fully saturated rings. The molecule has 0 heterocycles. The summed E-state index contributed by atoms with van der Waals surface area (Å²) >= 11 is 5.74. The van der Waals surface area contributed by atoms with Crippen LogP contribution in [0.3, 0.4) is 0 Å². The Bertz CT molecular complexity index is 447. The number of carboxylic acids is 1. The van der Waals surface area contributed by atoms with Gasteiger partial charge >= 0.3 is 5.97 Å². The standard InChI is InChI=1S/C14H16ClFO2/c15-12-8-9(5-6-13(12)16)7-10-3-1-2-4-11(10)14(17)18/h5-6,8,10-11H,1-4,7H2,(H,17,18). The molecule has 0 amide bonds. The van der Waals surface area contributed by atoms with Crippen molar-refractivity contribution in [2.24, 2.45) is 11.8 Å². The lowest BCUT2D eigenvalue weighted by molar-refractivity contribution is -0.144. The minimum absolute atomic E-state index is 0.107. The highest BCUT2D eigenvalue weighted by atomic mass is 35.5. The Morgan fingerprint density at radius 2 is 2.11 bits per heavy atom. The summed E-state index contributed by atoms with van der Waals surface area (Å²) in [5.41, 5.74) is 0.916. The maximum atomic E-state index is 13.1. The van der Waals surface area contributed by atoms with Gasteiger partial charge in [-0.05, 0) is 42.9 Å². The molecule has 1 aliphatic carbocycles. The van der Waals surface area contributed by atoms with E-state index in [4.69, 9.17) is 11.6 Å². The van der Waals surface area contributed by atoms with E-state index in [1.165, 1.54) is 6.07 Å². The predicted octanol–water partition coefficient (Wildman–Crippen LogP) is 3.91. The molecule has 2 nitrogen and oxygen atoms in total. The average molecular weight is 271 g/mol. The zero-order valence-corrected chi connectivity index (χ0v) is 10.8. The van der Waals surface area contributed by atoms with E-state index in [2.05, 4.69) is 0 Å². The Kier molecular flexibility index (Phi) is 4.23. The number of hydrogen-bond acceptors (Lipinski definition) is 1. The van der Waals surface area contributed by atoms with Crippen LogP contribution in [0, 0.1) is 17.7 Å². The van der Waals surface area contributed by atoms with Crippen LogP contribution in [0.25, 0.3) is 0 Å². The van der Waals surface area contributed by atoms with Crippen LogP contribution in [0.4, 0.5) is 4.39 Å². The van der Waals surface area contributed by atoms with Gasteiger partial charge in [0.15, 0.2) is 0 Å². The Balaban J connectivity index is 2.10. The van der Waals surface area contributed by atoms with Crippen molar-refractivity contribution in [3.05, 3.63) is 34.6 Å². The van der Waals surface area contributed by atoms with Crippen LogP contribution >= 0.6 is 11.6 Å². The first-order chi connectivity index (χ1) is 8.58. The van der Waals surface area contributed by atoms with Crippen LogP contribution in [0.5, 0.6) is 0 Å². The maximum absolute atomic E-state index is 13.1. The molecular weight excluding hydrogens is 255 g/mol. The van der Waals surface area contributed by atoms with Crippen LogP contribution < -0.4 is 0 Å². The monoisotopic (exact) mass is 270 g/mol. The van der Waals surface area contributed by atoms with Crippen LogP contribution in [-0.2, 0) is 11.2 Å². The Hall–Kier alpha value is -1.09. The van der Waals surface area contributed by atoms with Gasteiger partial charge in [-0.15, -0.1) is 0 Å². The molecule has 1 aliphatic rings. The third-order valence-electron chi connectivity index (χ3n) is 3.71. The lowest BCUT2D eigenvalue weighted by Crippen LogP contribution is -2.28. The van der Waals surface area contributed by atoms with Crippen molar-refractivity contribution in [2.75, 3.05) is 0 Å². The van der Waals surface area contributed by atoms with Gasteiger partial charge in [0.2, 0.25) is 0 Å². The SMILES string of the molecule is O=C(O)C1CCCCC1Cc1ccc(F)c(Cl)c1. The molecule has 1 saturated carbocycles. The first-order valence-electron chi connectivity index (χ1n) is 6.24. The van der Waals surface area contributed by atoms with Gasteiger partial charge in [-0.1, -0.05) is 30.5 Å². The Morgan fingerprint density at radius 1 is 1.39 bits per heavy atom. The summed E-state index contributed by atoms with van der Waals surface area (Å²) < 4.78 is 13.1. The molecule has 0 aliphatic heterocycles. The number of carbonyl (C=O) groups is 1. The molecular formula is C14H16ClFO2. The summed E-state index contributed by atoms with van der Waals surface area (Å²) in [4.78, 5) is 11.2. The van der Waals surface area contributed by atoms with E-state index < -0.39 is 11.8 Å². The van der Waals surface area contributed by atoms with E-state index in [0.717, 1.165) is 31.2 Å². The molecule has 0 spiro atoms. The van der Waals surface area contributed by atoms with Crippen LogP contribution in [0.15, 0.2) is 18.2 Å². The van der Waals surface area contributed by atoms with Crippen LogP contribution in [0.2, 0.25) is 5.02 Å². The van der Waals surface area contributed by atoms with Gasteiger partial charge in [0, 0.05) is 0 Å². The van der Waals surface area contributed by atoms with E-state index in [0.29, 0.717) is 6.42 Å². The molecule has 18 heavy (non-hydrogen) atoms. The number of aliphatic carboxylic acids is 1. The summed E-state index contributed by atoms with van der Waals surface area (Å²) in [5.74, 6) is -1.29. The number of hydrogen-bond donors (Lipinski definition) is 1. The van der Waals surface area contributed by atoms with Gasteiger partial charge in [0.1, 0.15) is 5.82 Å². The van der Waals surface area contributed by atoms with Gasteiger partial charge in [-0.25, -0.2) is 4.39 Å². The topological polar surface area (TPSA) is 37.3 Å². The smallest absolute Gasteiger partial charge is 0.306 e. The van der Waals surface area contributed by atoms with E-state index in [-0.39, 0.29) is 16.9 Å². The second kappa shape index (κ2) is 5.70. The highest BCUT2D eigenvalue weighted by molar-refractivity contribution is 6.30. The minimum atomic E-state index is -0.715. The Morgan fingerprint density at radius 3 is 2.78 bits per heavy atom. The highest BCUT2D eigenvalue weighted by Gasteiger charge is 2.30. The molecule has 1 aromatic rings. The molecule has 2 rings (SSSR count). The van der Waals surface area contributed by atoms with Crippen molar-refractivity contribution in [1.82, 2.24) is 0 Å². The van der Waals surface area contributed by atoms with Crippen molar-refractivity contribution >= 4 is 17.6 Å². The van der Waals surface area contributed by atoms with Crippen LogP contribution in [-0.4, -0.2) is 11.1 Å². The molecule has 98 valence electrons. The number of halogens is 2.